The molecule has 3 atom stereocenters. The van der Waals surface area contributed by atoms with Gasteiger partial charge in [0.15, 0.2) is 0 Å². The zero-order valence-corrected chi connectivity index (χ0v) is 10.2. The first-order valence-electron chi connectivity index (χ1n) is 5.49. The number of unbranched alkanes of at least 4 members (excludes halogenated alkanes) is 1. The molecule has 1 rings (SSSR count). The Morgan fingerprint density at radius 2 is 2.20 bits per heavy atom. The summed E-state index contributed by atoms with van der Waals surface area (Å²) in [6.07, 6.45) is 3.72. The summed E-state index contributed by atoms with van der Waals surface area (Å²) in [6, 6.07) is 0.980. The quantitative estimate of drug-likeness (QED) is 0.476. The molecule has 1 fully saturated rings. The molecule has 6 N–H and O–H groups in total. The Bertz CT molecular complexity index is 214. The standard InChI is InChI=1S/C10H20N2O2S/c1-14-9(13)5-3-2-4-8-10(12)7(11)6-15-8/h7-8,10H,2-6,11-12H2,1H3/p+2/t7-,8+,10+/m1/s1. The van der Waals surface area contributed by atoms with E-state index in [9.17, 15) is 4.79 Å². The molecule has 1 heterocycles. The third-order valence-corrected chi connectivity index (χ3v) is 4.59. The average Bonchev–Trinajstić information content (AvgIpc) is 2.55. The van der Waals surface area contributed by atoms with Crippen molar-refractivity contribution in [2.45, 2.75) is 43.0 Å². The molecule has 15 heavy (non-hydrogen) atoms. The molecule has 4 nitrogen and oxygen atoms in total. The lowest BCUT2D eigenvalue weighted by Gasteiger charge is -2.11. The van der Waals surface area contributed by atoms with Gasteiger partial charge in [0.05, 0.1) is 18.1 Å². The third-order valence-electron chi connectivity index (χ3n) is 2.95. The first-order valence-corrected chi connectivity index (χ1v) is 6.54. The normalized spacial score (nSPS) is 30.5. The molecule has 0 spiro atoms. The summed E-state index contributed by atoms with van der Waals surface area (Å²) in [5.74, 6) is 1.03. The molecule has 0 aliphatic carbocycles. The van der Waals surface area contributed by atoms with Crippen molar-refractivity contribution in [3.63, 3.8) is 0 Å². The van der Waals surface area contributed by atoms with Crippen LogP contribution in [-0.4, -0.2) is 36.2 Å². The molecule has 0 aromatic rings. The van der Waals surface area contributed by atoms with E-state index in [2.05, 4.69) is 16.2 Å². The van der Waals surface area contributed by atoms with Crippen molar-refractivity contribution < 1.29 is 21.0 Å². The van der Waals surface area contributed by atoms with Gasteiger partial charge in [-0.3, -0.25) is 4.79 Å². The SMILES string of the molecule is COC(=O)CCCC[C@@H]1SC[C@@H]([NH3+])[C@@H]1[NH3+]. The molecule has 0 radical (unpaired) electrons. The van der Waals surface area contributed by atoms with Crippen LogP contribution in [0.25, 0.3) is 0 Å². The van der Waals surface area contributed by atoms with E-state index in [-0.39, 0.29) is 5.97 Å². The molecule has 1 aliphatic heterocycles. The van der Waals surface area contributed by atoms with Crippen molar-refractivity contribution in [1.82, 2.24) is 0 Å². The first-order chi connectivity index (χ1) is 7.15. The molecule has 0 unspecified atom stereocenters. The molecule has 0 saturated carbocycles. The van der Waals surface area contributed by atoms with Gasteiger partial charge < -0.3 is 16.2 Å². The number of esters is 1. The van der Waals surface area contributed by atoms with Crippen LogP contribution in [0.5, 0.6) is 0 Å². The second kappa shape index (κ2) is 6.35. The van der Waals surface area contributed by atoms with E-state index in [0.29, 0.717) is 23.8 Å². The average molecular weight is 234 g/mol. The van der Waals surface area contributed by atoms with Crippen LogP contribution in [0.3, 0.4) is 0 Å². The van der Waals surface area contributed by atoms with Crippen LogP contribution in [0.1, 0.15) is 25.7 Å². The van der Waals surface area contributed by atoms with Crippen LogP contribution in [0, 0.1) is 0 Å². The lowest BCUT2D eigenvalue weighted by molar-refractivity contribution is -0.520. The molecule has 0 aromatic carbocycles. The van der Waals surface area contributed by atoms with E-state index in [1.165, 1.54) is 7.11 Å². The number of hydrogen-bond donors (Lipinski definition) is 2. The third kappa shape index (κ3) is 4.01. The lowest BCUT2D eigenvalue weighted by Crippen LogP contribution is -2.80. The van der Waals surface area contributed by atoms with Crippen molar-refractivity contribution in [1.29, 1.82) is 0 Å². The van der Waals surface area contributed by atoms with Gasteiger partial charge >= 0.3 is 5.97 Å². The van der Waals surface area contributed by atoms with E-state index >= 15 is 0 Å². The monoisotopic (exact) mass is 234 g/mol. The number of methoxy groups -OCH3 is 1. The number of hydrogen-bond acceptors (Lipinski definition) is 3. The molecular formula is C10H22N2O2S+2. The minimum absolute atomic E-state index is 0.102. The van der Waals surface area contributed by atoms with E-state index in [4.69, 9.17) is 0 Å². The van der Waals surface area contributed by atoms with Crippen molar-refractivity contribution >= 4 is 17.7 Å². The van der Waals surface area contributed by atoms with Gasteiger partial charge in [0.2, 0.25) is 0 Å². The molecule has 1 aliphatic rings. The fraction of sp³-hybridized carbons (Fsp3) is 0.900. The fourth-order valence-corrected chi connectivity index (χ4v) is 3.36. The van der Waals surface area contributed by atoms with Crippen LogP contribution in [-0.2, 0) is 9.53 Å². The highest BCUT2D eigenvalue weighted by Crippen LogP contribution is 2.27. The van der Waals surface area contributed by atoms with Gasteiger partial charge in [0, 0.05) is 6.42 Å². The van der Waals surface area contributed by atoms with Crippen molar-refractivity contribution in [3.05, 3.63) is 0 Å². The second-order valence-electron chi connectivity index (χ2n) is 4.12. The summed E-state index contributed by atoms with van der Waals surface area (Å²) in [6.45, 7) is 0. The van der Waals surface area contributed by atoms with Gasteiger partial charge in [0.25, 0.3) is 0 Å². The highest BCUT2D eigenvalue weighted by molar-refractivity contribution is 8.00. The van der Waals surface area contributed by atoms with Gasteiger partial charge in [-0.15, -0.1) is 11.8 Å². The Labute approximate surface area is 95.1 Å². The topological polar surface area (TPSA) is 81.6 Å². The van der Waals surface area contributed by atoms with Crippen molar-refractivity contribution in [2.24, 2.45) is 0 Å². The van der Waals surface area contributed by atoms with E-state index in [0.717, 1.165) is 25.0 Å². The summed E-state index contributed by atoms with van der Waals surface area (Å²) in [5.41, 5.74) is 8.24. The fourth-order valence-electron chi connectivity index (χ4n) is 1.81. The summed E-state index contributed by atoms with van der Waals surface area (Å²) in [7, 11) is 1.44. The maximum absolute atomic E-state index is 10.9. The lowest BCUT2D eigenvalue weighted by atomic mass is 10.0. The molecule has 5 heteroatoms. The number of carbonyl (C=O) groups excluding carboxylic acids is 1. The summed E-state index contributed by atoms with van der Waals surface area (Å²) >= 11 is 1.98. The highest BCUT2D eigenvalue weighted by Gasteiger charge is 2.36. The van der Waals surface area contributed by atoms with Gasteiger partial charge in [-0.1, -0.05) is 6.42 Å². The van der Waals surface area contributed by atoms with Crippen LogP contribution >= 0.6 is 11.8 Å². The predicted octanol–water partition coefficient (Wildman–Crippen LogP) is -0.944. The molecule has 0 bridgehead atoms. The number of thioether (sulfide) groups is 1. The molecule has 0 amide bonds. The first kappa shape index (κ1) is 12.8. The zero-order chi connectivity index (χ0) is 11.3. The summed E-state index contributed by atoms with van der Waals surface area (Å²) in [4.78, 5) is 10.9. The van der Waals surface area contributed by atoms with E-state index in [1.54, 1.807) is 0 Å². The molecule has 88 valence electrons. The summed E-state index contributed by atoms with van der Waals surface area (Å²) in [5, 5.41) is 0.644. The van der Waals surface area contributed by atoms with Crippen LogP contribution in [0.15, 0.2) is 0 Å². The largest absolute Gasteiger partial charge is 0.469 e. The highest BCUT2D eigenvalue weighted by atomic mass is 32.2. The van der Waals surface area contributed by atoms with Crippen LogP contribution < -0.4 is 11.5 Å². The Hall–Kier alpha value is -0.260. The molecule has 1 saturated heterocycles. The number of ether oxygens (including phenoxy) is 1. The Morgan fingerprint density at radius 3 is 2.73 bits per heavy atom. The Kier molecular flexibility index (Phi) is 5.42. The minimum atomic E-state index is -0.102. The van der Waals surface area contributed by atoms with Crippen molar-refractivity contribution in [3.8, 4) is 0 Å². The number of quaternary nitrogens is 2. The van der Waals surface area contributed by atoms with E-state index in [1.807, 2.05) is 11.8 Å². The van der Waals surface area contributed by atoms with Crippen LogP contribution in [0.2, 0.25) is 0 Å². The maximum Gasteiger partial charge on any atom is 0.305 e. The maximum atomic E-state index is 10.9. The van der Waals surface area contributed by atoms with Crippen LogP contribution in [0.4, 0.5) is 0 Å². The smallest absolute Gasteiger partial charge is 0.305 e. The number of rotatable bonds is 5. The molecular weight excluding hydrogens is 212 g/mol. The Balaban J connectivity index is 2.08. The minimum Gasteiger partial charge on any atom is -0.469 e. The Morgan fingerprint density at radius 1 is 1.47 bits per heavy atom. The molecule has 0 aromatic heterocycles. The van der Waals surface area contributed by atoms with Gasteiger partial charge in [0.1, 0.15) is 12.1 Å². The summed E-state index contributed by atoms with van der Waals surface area (Å²) < 4.78 is 4.59. The van der Waals surface area contributed by atoms with E-state index < -0.39 is 0 Å². The van der Waals surface area contributed by atoms with Gasteiger partial charge in [-0.2, -0.15) is 0 Å². The van der Waals surface area contributed by atoms with Gasteiger partial charge in [-0.05, 0) is 12.8 Å². The zero-order valence-electron chi connectivity index (χ0n) is 9.41. The van der Waals surface area contributed by atoms with Crippen molar-refractivity contribution in [2.75, 3.05) is 12.9 Å². The van der Waals surface area contributed by atoms with Gasteiger partial charge in [-0.25, -0.2) is 0 Å². The second-order valence-corrected chi connectivity index (χ2v) is 5.39. The predicted molar refractivity (Wildman–Crippen MR) is 60.1 cm³/mol. The number of carbonyl (C=O) groups is 1.